The van der Waals surface area contributed by atoms with Crippen LogP contribution in [0.5, 0.6) is 0 Å². The van der Waals surface area contributed by atoms with Crippen molar-refractivity contribution >= 4 is 11.8 Å². The van der Waals surface area contributed by atoms with Crippen molar-refractivity contribution in [3.05, 3.63) is 0 Å². The van der Waals surface area contributed by atoms with E-state index in [9.17, 15) is 5.11 Å². The van der Waals surface area contributed by atoms with Gasteiger partial charge in [0.25, 0.3) is 0 Å². The standard InChI is InChI=1S/C10H17NOS/c1-13-7-2-4-9(12)10(8-11)5-3-6-10/h9,12H,2-7H2,1H3. The van der Waals surface area contributed by atoms with Crippen LogP contribution < -0.4 is 0 Å². The predicted octanol–water partition coefficient (Wildman–Crippen LogP) is 2.18. The van der Waals surface area contributed by atoms with Gasteiger partial charge in [-0.15, -0.1) is 0 Å². The molecule has 0 aliphatic heterocycles. The maximum atomic E-state index is 9.81. The molecule has 0 radical (unpaired) electrons. The number of hydrogen-bond donors (Lipinski definition) is 1. The number of rotatable bonds is 5. The van der Waals surface area contributed by atoms with Gasteiger partial charge in [0, 0.05) is 0 Å². The van der Waals surface area contributed by atoms with E-state index in [1.165, 1.54) is 0 Å². The average Bonchev–Trinajstić information content (AvgIpc) is 2.04. The van der Waals surface area contributed by atoms with E-state index in [1.807, 2.05) is 0 Å². The lowest BCUT2D eigenvalue weighted by Crippen LogP contribution is -2.40. The number of nitriles is 1. The molecule has 1 aliphatic rings. The number of thioether (sulfide) groups is 1. The van der Waals surface area contributed by atoms with E-state index in [1.54, 1.807) is 11.8 Å². The van der Waals surface area contributed by atoms with Crippen LogP contribution in [0.2, 0.25) is 0 Å². The molecule has 1 saturated carbocycles. The number of hydrogen-bond acceptors (Lipinski definition) is 3. The van der Waals surface area contributed by atoms with Crippen LogP contribution in [0.15, 0.2) is 0 Å². The maximum absolute atomic E-state index is 9.81. The van der Waals surface area contributed by atoms with Gasteiger partial charge in [-0.3, -0.25) is 0 Å². The summed E-state index contributed by atoms with van der Waals surface area (Å²) in [6.45, 7) is 0. The normalized spacial score (nSPS) is 21.6. The zero-order valence-electron chi connectivity index (χ0n) is 8.12. The predicted molar refractivity (Wildman–Crippen MR) is 55.5 cm³/mol. The van der Waals surface area contributed by atoms with Gasteiger partial charge in [0.05, 0.1) is 17.6 Å². The van der Waals surface area contributed by atoms with Crippen molar-refractivity contribution in [1.82, 2.24) is 0 Å². The van der Waals surface area contributed by atoms with Crippen LogP contribution in [-0.4, -0.2) is 23.2 Å². The molecule has 0 heterocycles. The minimum absolute atomic E-state index is 0.377. The van der Waals surface area contributed by atoms with E-state index < -0.39 is 6.10 Å². The molecule has 3 heteroatoms. The molecule has 0 amide bonds. The molecular weight excluding hydrogens is 182 g/mol. The van der Waals surface area contributed by atoms with Crippen LogP contribution >= 0.6 is 11.8 Å². The lowest BCUT2D eigenvalue weighted by Gasteiger charge is -2.39. The van der Waals surface area contributed by atoms with Crippen LogP contribution in [0.25, 0.3) is 0 Å². The number of aliphatic hydroxyl groups excluding tert-OH is 1. The van der Waals surface area contributed by atoms with Gasteiger partial charge in [-0.2, -0.15) is 17.0 Å². The second kappa shape index (κ2) is 4.88. The van der Waals surface area contributed by atoms with Crippen LogP contribution in [0.4, 0.5) is 0 Å². The summed E-state index contributed by atoms with van der Waals surface area (Å²) in [4.78, 5) is 0. The molecule has 0 aromatic heterocycles. The van der Waals surface area contributed by atoms with Crippen LogP contribution in [0.1, 0.15) is 32.1 Å². The molecule has 0 aromatic carbocycles. The SMILES string of the molecule is CSCCCC(O)C1(C#N)CCC1. The van der Waals surface area contributed by atoms with E-state index in [0.717, 1.165) is 37.9 Å². The van der Waals surface area contributed by atoms with Gasteiger partial charge in [0.2, 0.25) is 0 Å². The Kier molecular flexibility index (Phi) is 4.08. The van der Waals surface area contributed by atoms with Crippen LogP contribution in [-0.2, 0) is 0 Å². The molecule has 0 saturated heterocycles. The highest BCUT2D eigenvalue weighted by Crippen LogP contribution is 2.44. The Hall–Kier alpha value is -0.200. The molecule has 1 aliphatic carbocycles. The summed E-state index contributed by atoms with van der Waals surface area (Å²) in [6.07, 6.45) is 6.37. The third kappa shape index (κ3) is 2.38. The third-order valence-corrected chi connectivity index (χ3v) is 3.63. The summed E-state index contributed by atoms with van der Waals surface area (Å²) >= 11 is 1.79. The highest BCUT2D eigenvalue weighted by molar-refractivity contribution is 7.98. The number of aliphatic hydroxyl groups is 1. The average molecular weight is 199 g/mol. The molecule has 0 aromatic rings. The highest BCUT2D eigenvalue weighted by Gasteiger charge is 2.43. The van der Waals surface area contributed by atoms with E-state index in [0.29, 0.717) is 0 Å². The van der Waals surface area contributed by atoms with E-state index >= 15 is 0 Å². The number of nitrogens with zero attached hydrogens (tertiary/aromatic N) is 1. The fraction of sp³-hybridized carbons (Fsp3) is 0.900. The Bertz CT molecular complexity index is 196. The van der Waals surface area contributed by atoms with Crippen LogP contribution in [0.3, 0.4) is 0 Å². The van der Waals surface area contributed by atoms with Gasteiger partial charge in [-0.05, 0) is 37.7 Å². The lowest BCUT2D eigenvalue weighted by molar-refractivity contribution is 0.00389. The van der Waals surface area contributed by atoms with Crippen molar-refractivity contribution in [1.29, 1.82) is 5.26 Å². The van der Waals surface area contributed by atoms with Gasteiger partial charge < -0.3 is 5.11 Å². The molecular formula is C10H17NOS. The first kappa shape index (κ1) is 10.9. The van der Waals surface area contributed by atoms with Crippen molar-refractivity contribution in [3.8, 4) is 6.07 Å². The maximum Gasteiger partial charge on any atom is 0.0832 e. The quantitative estimate of drug-likeness (QED) is 0.690. The molecule has 2 nitrogen and oxygen atoms in total. The Morgan fingerprint density at radius 3 is 2.69 bits per heavy atom. The Labute approximate surface area is 84.3 Å². The molecule has 74 valence electrons. The first-order chi connectivity index (χ1) is 6.25. The summed E-state index contributed by atoms with van der Waals surface area (Å²) < 4.78 is 0. The molecule has 1 rings (SSSR count). The highest BCUT2D eigenvalue weighted by atomic mass is 32.2. The van der Waals surface area contributed by atoms with Crippen LogP contribution in [0, 0.1) is 16.7 Å². The van der Waals surface area contributed by atoms with Gasteiger partial charge in [0.1, 0.15) is 0 Å². The fourth-order valence-electron chi connectivity index (χ4n) is 1.77. The van der Waals surface area contributed by atoms with E-state index in [2.05, 4.69) is 12.3 Å². The molecule has 0 spiro atoms. The molecule has 0 bridgehead atoms. The van der Waals surface area contributed by atoms with Crippen molar-refractivity contribution in [3.63, 3.8) is 0 Å². The van der Waals surface area contributed by atoms with Gasteiger partial charge in [-0.25, -0.2) is 0 Å². The van der Waals surface area contributed by atoms with Gasteiger partial charge >= 0.3 is 0 Å². The third-order valence-electron chi connectivity index (χ3n) is 2.93. The van der Waals surface area contributed by atoms with Crippen molar-refractivity contribution in [2.45, 2.75) is 38.2 Å². The minimum atomic E-state index is -0.390. The van der Waals surface area contributed by atoms with E-state index in [4.69, 9.17) is 5.26 Å². The second-order valence-electron chi connectivity index (χ2n) is 3.77. The molecule has 1 unspecified atom stereocenters. The topological polar surface area (TPSA) is 44.0 Å². The zero-order valence-corrected chi connectivity index (χ0v) is 8.94. The lowest BCUT2D eigenvalue weighted by atomic mass is 9.65. The summed E-state index contributed by atoms with van der Waals surface area (Å²) in [5.74, 6) is 1.08. The van der Waals surface area contributed by atoms with E-state index in [-0.39, 0.29) is 5.41 Å². The van der Waals surface area contributed by atoms with Crippen molar-refractivity contribution < 1.29 is 5.11 Å². The van der Waals surface area contributed by atoms with Crippen molar-refractivity contribution in [2.75, 3.05) is 12.0 Å². The largest absolute Gasteiger partial charge is 0.391 e. The zero-order chi connectivity index (χ0) is 9.73. The summed E-state index contributed by atoms with van der Waals surface area (Å²) in [5, 5.41) is 18.8. The minimum Gasteiger partial charge on any atom is -0.391 e. The molecule has 1 fully saturated rings. The molecule has 1 atom stereocenters. The Balaban J connectivity index is 2.29. The fourth-order valence-corrected chi connectivity index (χ4v) is 2.23. The van der Waals surface area contributed by atoms with Crippen molar-refractivity contribution in [2.24, 2.45) is 5.41 Å². The monoisotopic (exact) mass is 199 g/mol. The summed E-state index contributed by atoms with van der Waals surface area (Å²) in [6, 6.07) is 2.28. The second-order valence-corrected chi connectivity index (χ2v) is 4.76. The Morgan fingerprint density at radius 1 is 1.62 bits per heavy atom. The summed E-state index contributed by atoms with van der Waals surface area (Å²) in [5.41, 5.74) is -0.377. The summed E-state index contributed by atoms with van der Waals surface area (Å²) in [7, 11) is 0. The molecule has 13 heavy (non-hydrogen) atoms. The molecule has 1 N–H and O–H groups in total. The Morgan fingerprint density at radius 2 is 2.31 bits per heavy atom. The first-order valence-corrected chi connectivity index (χ1v) is 6.23. The van der Waals surface area contributed by atoms with Gasteiger partial charge in [0.15, 0.2) is 0 Å². The first-order valence-electron chi connectivity index (χ1n) is 4.83. The van der Waals surface area contributed by atoms with Gasteiger partial charge in [-0.1, -0.05) is 6.42 Å². The smallest absolute Gasteiger partial charge is 0.0832 e.